The number of anilines is 2. The maximum Gasteiger partial charge on any atom is 0.420 e. The molecular weight excluding hydrogens is 469 g/mol. The van der Waals surface area contributed by atoms with E-state index < -0.39 is 75.5 Å². The van der Waals surface area contributed by atoms with Crippen LogP contribution in [0.3, 0.4) is 0 Å². The Hall–Kier alpha value is -2.54. The summed E-state index contributed by atoms with van der Waals surface area (Å²) >= 11 is 0. The Kier molecular flexibility index (Phi) is 6.35. The zero-order chi connectivity index (χ0) is 23.9. The van der Waals surface area contributed by atoms with Crippen LogP contribution >= 0.6 is 0 Å². The normalized spacial score (nSPS) is 18.8. The average molecular weight is 486 g/mol. The molecule has 1 atom stereocenters. The van der Waals surface area contributed by atoms with Gasteiger partial charge in [0.15, 0.2) is 0 Å². The number of sulfonamides is 1. The van der Waals surface area contributed by atoms with Gasteiger partial charge in [-0.1, -0.05) is 0 Å². The summed E-state index contributed by atoms with van der Waals surface area (Å²) in [7, 11) is -3.59. The molecule has 176 valence electrons. The second kappa shape index (κ2) is 8.43. The highest BCUT2D eigenvalue weighted by Crippen LogP contribution is 2.44. The van der Waals surface area contributed by atoms with Crippen LogP contribution in [-0.4, -0.2) is 34.3 Å². The molecular formula is C19H17F7N2O3S. The van der Waals surface area contributed by atoms with Crippen LogP contribution in [0.15, 0.2) is 41.3 Å². The zero-order valence-electron chi connectivity index (χ0n) is 16.4. The van der Waals surface area contributed by atoms with E-state index in [2.05, 4.69) is 4.72 Å². The lowest BCUT2D eigenvalue weighted by molar-refractivity contribution is -0.139. The number of nitrogens with zero attached hydrogens (tertiary/aromatic N) is 1. The maximum absolute atomic E-state index is 13.6. The van der Waals surface area contributed by atoms with E-state index in [-0.39, 0.29) is 5.69 Å². The molecule has 0 aliphatic carbocycles. The van der Waals surface area contributed by atoms with E-state index in [0.29, 0.717) is 12.1 Å². The molecule has 1 heterocycles. The molecule has 0 spiro atoms. The van der Waals surface area contributed by atoms with E-state index in [1.165, 1.54) is 12.1 Å². The number of hydrogen-bond donors (Lipinski definition) is 1. The van der Waals surface area contributed by atoms with Gasteiger partial charge in [-0.05, 0) is 36.8 Å². The number of methoxy groups -OCH3 is 1. The third-order valence-corrected chi connectivity index (χ3v) is 6.36. The summed E-state index contributed by atoms with van der Waals surface area (Å²) < 4.78 is 125. The minimum absolute atomic E-state index is 0.0989. The highest BCUT2D eigenvalue weighted by molar-refractivity contribution is 7.89. The van der Waals surface area contributed by atoms with Crippen molar-refractivity contribution >= 4 is 21.4 Å². The highest BCUT2D eigenvalue weighted by Gasteiger charge is 2.40. The largest absolute Gasteiger partial charge is 0.496 e. The summed E-state index contributed by atoms with van der Waals surface area (Å²) in [4.78, 5) is 0.503. The van der Waals surface area contributed by atoms with Crippen LogP contribution in [0.25, 0.3) is 0 Å². The van der Waals surface area contributed by atoms with E-state index in [4.69, 9.17) is 4.74 Å². The first-order valence-corrected chi connectivity index (χ1v) is 10.6. The Morgan fingerprint density at radius 2 is 1.72 bits per heavy atom. The Balaban J connectivity index is 2.21. The van der Waals surface area contributed by atoms with Gasteiger partial charge in [-0.25, -0.2) is 17.5 Å². The third kappa shape index (κ3) is 5.26. The van der Waals surface area contributed by atoms with Crippen molar-refractivity contribution in [1.82, 2.24) is 4.72 Å². The Morgan fingerprint density at radius 1 is 1.09 bits per heavy atom. The first kappa shape index (κ1) is 24.1. The molecule has 1 unspecified atom stereocenters. The maximum atomic E-state index is 13.6. The number of benzene rings is 2. The van der Waals surface area contributed by atoms with Crippen LogP contribution in [0.4, 0.5) is 42.1 Å². The predicted molar refractivity (Wildman–Crippen MR) is 101 cm³/mol. The Labute approximate surface area is 178 Å². The second-order valence-electron chi connectivity index (χ2n) is 7.08. The summed E-state index contributed by atoms with van der Waals surface area (Å²) in [5, 5.41) is 0. The molecule has 0 radical (unpaired) electrons. The molecule has 2 aromatic carbocycles. The topological polar surface area (TPSA) is 58.6 Å². The molecule has 0 saturated heterocycles. The van der Waals surface area contributed by atoms with Gasteiger partial charge >= 0.3 is 12.4 Å². The number of rotatable bonds is 4. The fourth-order valence-corrected chi connectivity index (χ4v) is 4.82. The third-order valence-electron chi connectivity index (χ3n) is 4.81. The van der Waals surface area contributed by atoms with Gasteiger partial charge in [0.2, 0.25) is 10.0 Å². The number of hydrogen-bond acceptors (Lipinski definition) is 4. The van der Waals surface area contributed by atoms with Crippen molar-refractivity contribution in [2.75, 3.05) is 18.6 Å². The molecule has 2 aromatic rings. The van der Waals surface area contributed by atoms with Crippen molar-refractivity contribution in [3.8, 4) is 5.75 Å². The summed E-state index contributed by atoms with van der Waals surface area (Å²) in [5.41, 5.74) is -1.59. The molecule has 0 aromatic heterocycles. The summed E-state index contributed by atoms with van der Waals surface area (Å²) in [5.74, 6) is -1.43. The van der Waals surface area contributed by atoms with Crippen molar-refractivity contribution in [3.05, 3.63) is 47.8 Å². The highest BCUT2D eigenvalue weighted by atomic mass is 32.2. The summed E-state index contributed by atoms with van der Waals surface area (Å²) in [6.07, 6.45) is -11.4. The minimum Gasteiger partial charge on any atom is -0.496 e. The van der Waals surface area contributed by atoms with Crippen molar-refractivity contribution in [3.63, 3.8) is 0 Å². The second-order valence-corrected chi connectivity index (χ2v) is 8.76. The van der Waals surface area contributed by atoms with E-state index in [0.717, 1.165) is 24.1 Å². The molecule has 3 rings (SSSR count). The molecule has 0 amide bonds. The zero-order valence-corrected chi connectivity index (χ0v) is 17.2. The molecule has 13 heteroatoms. The van der Waals surface area contributed by atoms with Gasteiger partial charge in [0.05, 0.1) is 18.4 Å². The van der Waals surface area contributed by atoms with Crippen LogP contribution in [0, 0.1) is 5.82 Å². The van der Waals surface area contributed by atoms with Gasteiger partial charge < -0.3 is 9.64 Å². The first-order valence-electron chi connectivity index (χ1n) is 9.13. The summed E-state index contributed by atoms with van der Waals surface area (Å²) in [6.45, 7) is -0.419. The van der Waals surface area contributed by atoms with Gasteiger partial charge in [0, 0.05) is 30.8 Å². The van der Waals surface area contributed by atoms with Gasteiger partial charge in [-0.3, -0.25) is 0 Å². The smallest absolute Gasteiger partial charge is 0.420 e. The van der Waals surface area contributed by atoms with E-state index >= 15 is 0 Å². The lowest BCUT2D eigenvalue weighted by Gasteiger charge is -2.28. The fraction of sp³-hybridized carbons (Fsp3) is 0.368. The van der Waals surface area contributed by atoms with Crippen LogP contribution in [-0.2, 0) is 16.2 Å². The van der Waals surface area contributed by atoms with Gasteiger partial charge in [0.1, 0.15) is 16.5 Å². The molecule has 1 N–H and O–H groups in total. The summed E-state index contributed by atoms with van der Waals surface area (Å²) in [6, 6.07) is 4.32. The average Bonchev–Trinajstić information content (AvgIpc) is 2.78. The van der Waals surface area contributed by atoms with Crippen molar-refractivity contribution in [2.45, 2.75) is 36.1 Å². The SMILES string of the molecule is COc1cc2c(cc1C(F)(F)F)N(c1ccc(F)cc1)CC(CCC(F)(F)F)NS2(=O)=O. The standard InChI is InChI=1S/C19H17F7N2O3S/c1-31-16-9-17-15(8-14(16)19(24,25)26)28(13-4-2-11(20)3-5-13)10-12(27-32(17,29)30)6-7-18(21,22)23/h2-5,8-9,12,27H,6-7,10H2,1H3. The predicted octanol–water partition coefficient (Wildman–Crippen LogP) is 4.99. The van der Waals surface area contributed by atoms with E-state index in [1.54, 1.807) is 0 Å². The Morgan fingerprint density at radius 3 is 2.25 bits per heavy atom. The molecule has 0 fully saturated rings. The molecule has 0 saturated carbocycles. The monoisotopic (exact) mass is 486 g/mol. The Bertz CT molecular complexity index is 1080. The van der Waals surface area contributed by atoms with Gasteiger partial charge in [-0.2, -0.15) is 26.3 Å². The quantitative estimate of drug-likeness (QED) is 0.619. The fourth-order valence-electron chi connectivity index (χ4n) is 3.36. The van der Waals surface area contributed by atoms with Crippen LogP contribution in [0.1, 0.15) is 18.4 Å². The first-order chi connectivity index (χ1) is 14.7. The molecule has 32 heavy (non-hydrogen) atoms. The van der Waals surface area contributed by atoms with Crippen molar-refractivity contribution < 1.29 is 43.9 Å². The van der Waals surface area contributed by atoms with Crippen molar-refractivity contribution in [1.29, 1.82) is 0 Å². The van der Waals surface area contributed by atoms with Crippen molar-refractivity contribution in [2.24, 2.45) is 0 Å². The molecule has 1 aliphatic heterocycles. The van der Waals surface area contributed by atoms with E-state index in [1.807, 2.05) is 0 Å². The van der Waals surface area contributed by atoms with Crippen LogP contribution in [0.5, 0.6) is 5.75 Å². The molecule has 5 nitrogen and oxygen atoms in total. The van der Waals surface area contributed by atoms with E-state index in [9.17, 15) is 39.2 Å². The number of halogens is 7. The van der Waals surface area contributed by atoms with Crippen LogP contribution in [0.2, 0.25) is 0 Å². The lowest BCUT2D eigenvalue weighted by atomic mass is 10.1. The molecule has 0 bridgehead atoms. The number of fused-ring (bicyclic) bond motifs is 1. The van der Waals surface area contributed by atoms with Gasteiger partial charge in [-0.15, -0.1) is 0 Å². The number of nitrogens with one attached hydrogen (secondary N) is 1. The number of ether oxygens (including phenoxy) is 1. The van der Waals surface area contributed by atoms with Crippen LogP contribution < -0.4 is 14.4 Å². The minimum atomic E-state index is -4.91. The van der Waals surface area contributed by atoms with Gasteiger partial charge in [0.25, 0.3) is 0 Å². The molecule has 1 aliphatic rings. The number of alkyl halides is 6. The lowest BCUT2D eigenvalue weighted by Crippen LogP contribution is -2.40.